The van der Waals surface area contributed by atoms with Gasteiger partial charge in [-0.15, -0.1) is 0 Å². The number of ether oxygens (including phenoxy) is 1. The van der Waals surface area contributed by atoms with Crippen molar-refractivity contribution in [2.24, 2.45) is 0 Å². The molecule has 0 radical (unpaired) electrons. The van der Waals surface area contributed by atoms with Crippen LogP contribution < -0.4 is 4.90 Å². The first kappa shape index (κ1) is 17.2. The Morgan fingerprint density at radius 3 is 2.76 bits per heavy atom. The van der Waals surface area contributed by atoms with Gasteiger partial charge < -0.3 is 14.2 Å². The Hall–Kier alpha value is -2.63. The summed E-state index contributed by atoms with van der Waals surface area (Å²) in [5, 5.41) is 3.82. The van der Waals surface area contributed by atoms with Crippen LogP contribution in [0.2, 0.25) is 0 Å². The lowest BCUT2D eigenvalue weighted by atomic mass is 10.1. The molecule has 132 valence electrons. The van der Waals surface area contributed by atoms with Crippen molar-refractivity contribution in [1.82, 2.24) is 5.16 Å². The number of benzene rings is 1. The van der Waals surface area contributed by atoms with Gasteiger partial charge in [0, 0.05) is 17.3 Å². The molecule has 0 spiro atoms. The Bertz CT molecular complexity index is 792. The van der Waals surface area contributed by atoms with Crippen molar-refractivity contribution in [2.75, 3.05) is 4.90 Å². The molecule has 25 heavy (non-hydrogen) atoms. The number of para-hydroxylation sites is 1. The molecule has 3 rings (SSSR count). The van der Waals surface area contributed by atoms with E-state index >= 15 is 0 Å². The summed E-state index contributed by atoms with van der Waals surface area (Å²) >= 11 is 0. The van der Waals surface area contributed by atoms with Crippen LogP contribution in [0.5, 0.6) is 0 Å². The van der Waals surface area contributed by atoms with E-state index in [1.54, 1.807) is 25.7 Å². The van der Waals surface area contributed by atoms with E-state index in [0.717, 1.165) is 17.7 Å². The maximum atomic E-state index is 12.8. The second-order valence-corrected chi connectivity index (χ2v) is 6.50. The molecule has 6 nitrogen and oxygen atoms in total. The fourth-order valence-corrected chi connectivity index (χ4v) is 3.29. The van der Waals surface area contributed by atoms with E-state index in [-0.39, 0.29) is 18.4 Å². The van der Waals surface area contributed by atoms with Gasteiger partial charge >= 0.3 is 5.97 Å². The number of aromatic nitrogens is 1. The summed E-state index contributed by atoms with van der Waals surface area (Å²) < 4.78 is 10.4. The summed E-state index contributed by atoms with van der Waals surface area (Å²) in [5.74, 6) is -0.0736. The molecule has 2 aromatic rings. The minimum Gasteiger partial charge on any atom is -0.452 e. The van der Waals surface area contributed by atoms with Crippen LogP contribution in [-0.2, 0) is 27.2 Å². The lowest BCUT2D eigenvalue weighted by Gasteiger charge is -2.25. The minimum atomic E-state index is -0.846. The molecule has 6 heteroatoms. The summed E-state index contributed by atoms with van der Waals surface area (Å²) in [6.45, 7) is 7.13. The highest BCUT2D eigenvalue weighted by atomic mass is 16.5. The van der Waals surface area contributed by atoms with Crippen molar-refractivity contribution in [3.05, 3.63) is 46.8 Å². The molecule has 0 saturated carbocycles. The van der Waals surface area contributed by atoms with Crippen LogP contribution in [0.4, 0.5) is 5.69 Å². The normalized spacial score (nSPS) is 17.3. The topological polar surface area (TPSA) is 72.6 Å². The number of aryl methyl sites for hydroxylation is 2. The second-order valence-electron chi connectivity index (χ2n) is 6.50. The van der Waals surface area contributed by atoms with Crippen LogP contribution in [0.1, 0.15) is 36.4 Å². The summed E-state index contributed by atoms with van der Waals surface area (Å²) in [4.78, 5) is 26.7. The number of fused-ring (bicyclic) bond motifs is 1. The van der Waals surface area contributed by atoms with Gasteiger partial charge in [0.1, 0.15) is 5.76 Å². The molecule has 2 heterocycles. The Labute approximate surface area is 146 Å². The SMILES string of the molecule is Cc1noc(C)c1CC(=O)O[C@@H](C)C(=O)N1c2ccccc2C[C@H]1C. The maximum absolute atomic E-state index is 12.8. The predicted octanol–water partition coefficient (Wildman–Crippen LogP) is 2.74. The van der Waals surface area contributed by atoms with Gasteiger partial charge in [-0.25, -0.2) is 0 Å². The largest absolute Gasteiger partial charge is 0.452 e. The molecule has 0 unspecified atom stereocenters. The van der Waals surface area contributed by atoms with Gasteiger partial charge in [0.05, 0.1) is 12.1 Å². The lowest BCUT2D eigenvalue weighted by Crippen LogP contribution is -2.43. The first-order valence-corrected chi connectivity index (χ1v) is 8.40. The van der Waals surface area contributed by atoms with Crippen molar-refractivity contribution in [1.29, 1.82) is 0 Å². The van der Waals surface area contributed by atoms with E-state index in [1.165, 1.54) is 0 Å². The summed E-state index contributed by atoms with van der Waals surface area (Å²) in [5.41, 5.74) is 3.41. The monoisotopic (exact) mass is 342 g/mol. The molecule has 1 aliphatic rings. The molecule has 0 bridgehead atoms. The summed E-state index contributed by atoms with van der Waals surface area (Å²) in [6.07, 6.45) is 0.00799. The first-order chi connectivity index (χ1) is 11.9. The van der Waals surface area contributed by atoms with Crippen LogP contribution in [-0.4, -0.2) is 29.2 Å². The van der Waals surface area contributed by atoms with Crippen LogP contribution >= 0.6 is 0 Å². The molecule has 0 aliphatic carbocycles. The van der Waals surface area contributed by atoms with Gasteiger partial charge in [-0.1, -0.05) is 23.4 Å². The molecule has 1 aliphatic heterocycles. The standard InChI is InChI=1S/C19H22N2O4/c1-11-9-15-7-5-6-8-17(15)21(11)19(23)14(4)24-18(22)10-16-12(2)20-25-13(16)3/h5-8,11,14H,9-10H2,1-4H3/t11-,14+/m1/s1. The fourth-order valence-electron chi connectivity index (χ4n) is 3.29. The van der Waals surface area contributed by atoms with Gasteiger partial charge in [-0.05, 0) is 45.7 Å². The zero-order valence-electron chi connectivity index (χ0n) is 14.9. The third-order valence-electron chi connectivity index (χ3n) is 4.60. The van der Waals surface area contributed by atoms with Crippen LogP contribution in [0.25, 0.3) is 0 Å². The van der Waals surface area contributed by atoms with Gasteiger partial charge in [0.15, 0.2) is 6.10 Å². The Morgan fingerprint density at radius 2 is 2.08 bits per heavy atom. The summed E-state index contributed by atoms with van der Waals surface area (Å²) in [6, 6.07) is 7.87. The van der Waals surface area contributed by atoms with Gasteiger partial charge in [0.2, 0.25) is 0 Å². The van der Waals surface area contributed by atoms with Crippen LogP contribution in [0.15, 0.2) is 28.8 Å². The third kappa shape index (κ3) is 3.29. The fraction of sp³-hybridized carbons (Fsp3) is 0.421. The van der Waals surface area contributed by atoms with Gasteiger partial charge in [0.25, 0.3) is 5.91 Å². The van der Waals surface area contributed by atoms with Crippen molar-refractivity contribution in [3.63, 3.8) is 0 Å². The van der Waals surface area contributed by atoms with Crippen molar-refractivity contribution in [3.8, 4) is 0 Å². The molecule has 0 fully saturated rings. The smallest absolute Gasteiger partial charge is 0.311 e. The Morgan fingerprint density at radius 1 is 1.36 bits per heavy atom. The Balaban J connectivity index is 1.68. The molecule has 1 amide bonds. The van der Waals surface area contributed by atoms with Gasteiger partial charge in [-0.3, -0.25) is 9.59 Å². The van der Waals surface area contributed by atoms with Crippen molar-refractivity contribution >= 4 is 17.6 Å². The van der Waals surface area contributed by atoms with E-state index in [1.807, 2.05) is 31.2 Å². The average molecular weight is 342 g/mol. The van der Waals surface area contributed by atoms with Gasteiger partial charge in [-0.2, -0.15) is 0 Å². The number of anilines is 1. The van der Waals surface area contributed by atoms with E-state index in [0.29, 0.717) is 17.0 Å². The number of amides is 1. The number of carbonyl (C=O) groups is 2. The molecule has 0 N–H and O–H groups in total. The average Bonchev–Trinajstić information content (AvgIpc) is 3.07. The number of esters is 1. The number of nitrogens with zero attached hydrogens (tertiary/aromatic N) is 2. The van der Waals surface area contributed by atoms with E-state index in [4.69, 9.17) is 9.26 Å². The lowest BCUT2D eigenvalue weighted by molar-refractivity contribution is -0.153. The van der Waals surface area contributed by atoms with Crippen LogP contribution in [0.3, 0.4) is 0 Å². The maximum Gasteiger partial charge on any atom is 0.311 e. The highest BCUT2D eigenvalue weighted by molar-refractivity contribution is 5.99. The molecule has 1 aromatic heterocycles. The highest BCUT2D eigenvalue weighted by Gasteiger charge is 2.34. The number of hydrogen-bond donors (Lipinski definition) is 0. The number of carbonyl (C=O) groups excluding carboxylic acids is 2. The highest BCUT2D eigenvalue weighted by Crippen LogP contribution is 2.32. The zero-order valence-corrected chi connectivity index (χ0v) is 14.9. The predicted molar refractivity (Wildman–Crippen MR) is 92.3 cm³/mol. The van der Waals surface area contributed by atoms with Crippen LogP contribution in [0, 0.1) is 13.8 Å². The van der Waals surface area contributed by atoms with E-state index < -0.39 is 12.1 Å². The molecule has 2 atom stereocenters. The van der Waals surface area contributed by atoms with E-state index in [9.17, 15) is 9.59 Å². The summed E-state index contributed by atoms with van der Waals surface area (Å²) in [7, 11) is 0. The van der Waals surface area contributed by atoms with Crippen molar-refractivity contribution < 1.29 is 18.8 Å². The third-order valence-corrected chi connectivity index (χ3v) is 4.60. The minimum absolute atomic E-state index is 0.0466. The number of rotatable bonds is 4. The molecule has 0 saturated heterocycles. The second kappa shape index (κ2) is 6.70. The quantitative estimate of drug-likeness (QED) is 0.799. The number of hydrogen-bond acceptors (Lipinski definition) is 5. The van der Waals surface area contributed by atoms with E-state index in [2.05, 4.69) is 5.16 Å². The Kier molecular flexibility index (Phi) is 4.61. The molecular weight excluding hydrogens is 320 g/mol. The van der Waals surface area contributed by atoms with Crippen molar-refractivity contribution in [2.45, 2.75) is 52.7 Å². The first-order valence-electron chi connectivity index (χ1n) is 8.40. The molecule has 1 aromatic carbocycles. The zero-order chi connectivity index (χ0) is 18.1. The molecular formula is C19H22N2O4.